The number of nitrogens with one attached hydrogen (secondary N) is 1. The fourth-order valence-corrected chi connectivity index (χ4v) is 2.52. The summed E-state index contributed by atoms with van der Waals surface area (Å²) in [4.78, 5) is 15.2. The average Bonchev–Trinajstić information content (AvgIpc) is 3.01. The highest BCUT2D eigenvalue weighted by Gasteiger charge is 2.09. The molecule has 4 aromatic rings. The number of hydrogen-bond acceptors (Lipinski definition) is 2. The van der Waals surface area contributed by atoms with Crippen LogP contribution < -0.4 is 5.56 Å². The molecule has 0 saturated heterocycles. The van der Waals surface area contributed by atoms with Crippen molar-refractivity contribution in [3.63, 3.8) is 0 Å². The first-order chi connectivity index (χ1) is 10.8. The van der Waals surface area contributed by atoms with E-state index in [4.69, 9.17) is 0 Å². The molecule has 2 aromatic heterocycles. The van der Waals surface area contributed by atoms with Gasteiger partial charge in [-0.05, 0) is 11.6 Å². The van der Waals surface area contributed by atoms with Gasteiger partial charge in [0.1, 0.15) is 5.52 Å². The van der Waals surface area contributed by atoms with Crippen LogP contribution in [0.4, 0.5) is 0 Å². The first-order valence-electron chi connectivity index (χ1n) is 7.05. The normalized spacial score (nSPS) is 10.9. The molecule has 0 bridgehead atoms. The maximum absolute atomic E-state index is 12.3. The molecule has 0 radical (unpaired) electrons. The second-order valence-electron chi connectivity index (χ2n) is 5.09. The molecule has 0 saturated carbocycles. The molecule has 106 valence electrons. The molecule has 22 heavy (non-hydrogen) atoms. The van der Waals surface area contributed by atoms with Crippen LogP contribution in [0.3, 0.4) is 0 Å². The van der Waals surface area contributed by atoms with Gasteiger partial charge in [0.25, 0.3) is 5.56 Å². The third-order valence-corrected chi connectivity index (χ3v) is 3.62. The lowest BCUT2D eigenvalue weighted by molar-refractivity contribution is 0.943. The Labute approximate surface area is 126 Å². The average molecular weight is 287 g/mol. The van der Waals surface area contributed by atoms with Gasteiger partial charge in [-0.3, -0.25) is 4.79 Å². The zero-order valence-corrected chi connectivity index (χ0v) is 11.7. The van der Waals surface area contributed by atoms with Crippen LogP contribution in [0.2, 0.25) is 0 Å². The van der Waals surface area contributed by atoms with Gasteiger partial charge in [-0.15, -0.1) is 0 Å². The highest BCUT2D eigenvalue weighted by atomic mass is 16.1. The highest BCUT2D eigenvalue weighted by molar-refractivity contribution is 5.67. The number of benzene rings is 2. The van der Waals surface area contributed by atoms with E-state index in [-0.39, 0.29) is 5.56 Å². The summed E-state index contributed by atoms with van der Waals surface area (Å²) in [6.45, 7) is 0. The van der Waals surface area contributed by atoms with Crippen LogP contribution in [0.15, 0.2) is 77.7 Å². The third kappa shape index (κ3) is 2.11. The van der Waals surface area contributed by atoms with Crippen molar-refractivity contribution in [3.05, 3.63) is 83.3 Å². The smallest absolute Gasteiger partial charge is 0.274 e. The summed E-state index contributed by atoms with van der Waals surface area (Å²) < 4.78 is 1.64. The Morgan fingerprint density at radius 2 is 1.50 bits per heavy atom. The van der Waals surface area contributed by atoms with Gasteiger partial charge in [-0.2, -0.15) is 5.10 Å². The summed E-state index contributed by atoms with van der Waals surface area (Å²) >= 11 is 0. The maximum Gasteiger partial charge on any atom is 0.274 e. The quantitative estimate of drug-likeness (QED) is 0.614. The third-order valence-electron chi connectivity index (χ3n) is 3.62. The Morgan fingerprint density at radius 1 is 0.864 bits per heavy atom. The fourth-order valence-electron chi connectivity index (χ4n) is 2.52. The van der Waals surface area contributed by atoms with Crippen molar-refractivity contribution in [2.24, 2.45) is 0 Å². The van der Waals surface area contributed by atoms with Crippen LogP contribution in [0.1, 0.15) is 0 Å². The topological polar surface area (TPSA) is 50.2 Å². The van der Waals surface area contributed by atoms with Gasteiger partial charge in [-0.25, -0.2) is 4.52 Å². The Balaban J connectivity index is 1.91. The lowest BCUT2D eigenvalue weighted by atomic mass is 10.1. The molecule has 4 heteroatoms. The number of rotatable bonds is 2. The molecule has 0 spiro atoms. The number of hydrogen-bond donors (Lipinski definition) is 1. The summed E-state index contributed by atoms with van der Waals surface area (Å²) in [5.41, 5.74) is 3.89. The van der Waals surface area contributed by atoms with Crippen molar-refractivity contribution in [1.29, 1.82) is 0 Å². The monoisotopic (exact) mass is 287 g/mol. The second-order valence-corrected chi connectivity index (χ2v) is 5.09. The van der Waals surface area contributed by atoms with Crippen molar-refractivity contribution < 1.29 is 0 Å². The van der Waals surface area contributed by atoms with E-state index < -0.39 is 0 Å². The maximum atomic E-state index is 12.3. The molecule has 0 unspecified atom stereocenters. The molecule has 2 heterocycles. The van der Waals surface area contributed by atoms with Crippen molar-refractivity contribution in [2.45, 2.75) is 0 Å². The summed E-state index contributed by atoms with van der Waals surface area (Å²) in [5.74, 6) is 0. The van der Waals surface area contributed by atoms with Crippen molar-refractivity contribution >= 4 is 5.52 Å². The summed E-state index contributed by atoms with van der Waals surface area (Å²) in [7, 11) is 0. The summed E-state index contributed by atoms with van der Waals surface area (Å²) in [6, 6.07) is 21.4. The molecule has 0 fully saturated rings. The first-order valence-corrected chi connectivity index (χ1v) is 7.05. The molecule has 0 atom stereocenters. The minimum atomic E-state index is -0.143. The second kappa shape index (κ2) is 5.00. The van der Waals surface area contributed by atoms with E-state index >= 15 is 0 Å². The summed E-state index contributed by atoms with van der Waals surface area (Å²) in [6.07, 6.45) is 1.85. The van der Waals surface area contributed by atoms with Crippen LogP contribution in [0.5, 0.6) is 0 Å². The number of fused-ring (bicyclic) bond motifs is 1. The molecule has 0 aliphatic heterocycles. The van der Waals surface area contributed by atoms with E-state index in [1.165, 1.54) is 0 Å². The van der Waals surface area contributed by atoms with E-state index in [1.54, 1.807) is 4.52 Å². The van der Waals surface area contributed by atoms with Gasteiger partial charge in [-0.1, -0.05) is 60.7 Å². The molecule has 0 amide bonds. The minimum absolute atomic E-state index is 0.143. The molecule has 2 aromatic carbocycles. The lowest BCUT2D eigenvalue weighted by Crippen LogP contribution is -2.10. The molecule has 4 rings (SSSR count). The SMILES string of the molecule is O=c1[nH]c(-c2ccccc2)cn2nc(-c3ccccc3)cc12. The summed E-state index contributed by atoms with van der Waals surface area (Å²) in [5, 5.41) is 4.53. The van der Waals surface area contributed by atoms with Crippen LogP contribution in [0.25, 0.3) is 28.0 Å². The number of aromatic amines is 1. The zero-order valence-electron chi connectivity index (χ0n) is 11.7. The van der Waals surface area contributed by atoms with E-state index in [0.717, 1.165) is 22.5 Å². The van der Waals surface area contributed by atoms with Crippen LogP contribution >= 0.6 is 0 Å². The fraction of sp³-hybridized carbons (Fsp3) is 0. The van der Waals surface area contributed by atoms with E-state index in [0.29, 0.717) is 5.52 Å². The molecular formula is C18H13N3O. The van der Waals surface area contributed by atoms with E-state index in [9.17, 15) is 4.79 Å². The molecule has 4 nitrogen and oxygen atoms in total. The Morgan fingerprint density at radius 3 is 2.18 bits per heavy atom. The van der Waals surface area contributed by atoms with Crippen LogP contribution in [-0.2, 0) is 0 Å². The predicted octanol–water partition coefficient (Wildman–Crippen LogP) is 3.36. The Kier molecular flexibility index (Phi) is 2.86. The number of aromatic nitrogens is 3. The van der Waals surface area contributed by atoms with Crippen LogP contribution in [0, 0.1) is 0 Å². The van der Waals surface area contributed by atoms with Crippen LogP contribution in [-0.4, -0.2) is 14.6 Å². The van der Waals surface area contributed by atoms with Gasteiger partial charge >= 0.3 is 0 Å². The minimum Gasteiger partial charge on any atom is -0.319 e. The number of nitrogens with zero attached hydrogens (tertiary/aromatic N) is 2. The van der Waals surface area contributed by atoms with E-state index in [2.05, 4.69) is 10.1 Å². The zero-order chi connectivity index (χ0) is 14.9. The van der Waals surface area contributed by atoms with Crippen molar-refractivity contribution in [1.82, 2.24) is 14.6 Å². The van der Waals surface area contributed by atoms with Gasteiger partial charge in [0.15, 0.2) is 0 Å². The van der Waals surface area contributed by atoms with E-state index in [1.807, 2.05) is 72.9 Å². The Bertz CT molecular complexity index is 985. The predicted molar refractivity (Wildman–Crippen MR) is 86.7 cm³/mol. The molecule has 0 aliphatic rings. The largest absolute Gasteiger partial charge is 0.319 e. The van der Waals surface area contributed by atoms with Gasteiger partial charge < -0.3 is 4.98 Å². The van der Waals surface area contributed by atoms with Gasteiger partial charge in [0, 0.05) is 5.56 Å². The number of H-pyrrole nitrogens is 1. The van der Waals surface area contributed by atoms with Crippen molar-refractivity contribution in [3.8, 4) is 22.5 Å². The van der Waals surface area contributed by atoms with Gasteiger partial charge in [0.2, 0.25) is 0 Å². The molecule has 0 aliphatic carbocycles. The Hall–Kier alpha value is -3.14. The van der Waals surface area contributed by atoms with Gasteiger partial charge in [0.05, 0.1) is 17.6 Å². The highest BCUT2D eigenvalue weighted by Crippen LogP contribution is 2.20. The lowest BCUT2D eigenvalue weighted by Gasteiger charge is -2.01. The first kappa shape index (κ1) is 12.6. The molecule has 1 N–H and O–H groups in total. The standard InChI is InChI=1S/C18H13N3O/c22-18-17-11-15(13-7-3-1-4-8-13)20-21(17)12-16(19-18)14-9-5-2-6-10-14/h1-12H,(H,19,22). The molecular weight excluding hydrogens is 274 g/mol. The van der Waals surface area contributed by atoms with Crippen molar-refractivity contribution in [2.75, 3.05) is 0 Å².